The van der Waals surface area contributed by atoms with E-state index >= 15 is 0 Å². The molecular weight excluding hydrogens is 418 g/mol. The Balaban J connectivity index is 1.50. The van der Waals surface area contributed by atoms with Crippen LogP contribution in [0.2, 0.25) is 0 Å². The molecule has 4 rings (SSSR count). The van der Waals surface area contributed by atoms with E-state index in [1.54, 1.807) is 24.3 Å². The van der Waals surface area contributed by atoms with Crippen LogP contribution in [-0.4, -0.2) is 20.9 Å². The minimum absolute atomic E-state index is 0.0913. The van der Waals surface area contributed by atoms with Gasteiger partial charge in [-0.3, -0.25) is 4.79 Å². The van der Waals surface area contributed by atoms with Crippen LogP contribution in [0.25, 0.3) is 11.0 Å². The number of carbonyl (C=O) groups is 1. The minimum atomic E-state index is -3.71. The van der Waals surface area contributed by atoms with Crippen molar-refractivity contribution < 1.29 is 22.4 Å². The van der Waals surface area contributed by atoms with Gasteiger partial charge in [0.15, 0.2) is 0 Å². The van der Waals surface area contributed by atoms with Gasteiger partial charge >= 0.3 is 11.6 Å². The summed E-state index contributed by atoms with van der Waals surface area (Å²) in [5, 5.41) is 0.645. The summed E-state index contributed by atoms with van der Waals surface area (Å²) in [6.45, 7) is 3.60. The SMILES string of the molecule is Cc1ccc(S(=O)(=O)NCCC(=O)Oc2cc(C)cc3oc(=O)c4c(c23)CCC4)cc1. The number of fused-ring (bicyclic) bond motifs is 3. The van der Waals surface area contributed by atoms with Gasteiger partial charge in [0.05, 0.1) is 16.7 Å². The molecule has 1 N–H and O–H groups in total. The lowest BCUT2D eigenvalue weighted by molar-refractivity contribution is -0.134. The van der Waals surface area contributed by atoms with Gasteiger partial charge in [0.2, 0.25) is 10.0 Å². The Hall–Kier alpha value is -2.97. The molecule has 0 saturated carbocycles. The smallest absolute Gasteiger partial charge is 0.339 e. The van der Waals surface area contributed by atoms with Crippen LogP contribution in [0.4, 0.5) is 0 Å². The van der Waals surface area contributed by atoms with Gasteiger partial charge in [0.25, 0.3) is 0 Å². The molecule has 7 nitrogen and oxygen atoms in total. The van der Waals surface area contributed by atoms with Crippen molar-refractivity contribution in [3.63, 3.8) is 0 Å². The molecule has 0 unspecified atom stereocenters. The lowest BCUT2D eigenvalue weighted by Crippen LogP contribution is -2.27. The Kier molecular flexibility index (Phi) is 5.68. The van der Waals surface area contributed by atoms with Crippen molar-refractivity contribution in [1.29, 1.82) is 0 Å². The Morgan fingerprint density at radius 2 is 1.77 bits per heavy atom. The van der Waals surface area contributed by atoms with Gasteiger partial charge in [-0.25, -0.2) is 17.9 Å². The van der Waals surface area contributed by atoms with Gasteiger partial charge in [0, 0.05) is 12.1 Å². The summed E-state index contributed by atoms with van der Waals surface area (Å²) in [7, 11) is -3.71. The molecular formula is C23H23NO6S. The average molecular weight is 442 g/mol. The van der Waals surface area contributed by atoms with Crippen LogP contribution in [0.3, 0.4) is 0 Å². The van der Waals surface area contributed by atoms with Crippen molar-refractivity contribution in [3.8, 4) is 5.75 Å². The van der Waals surface area contributed by atoms with E-state index in [1.165, 1.54) is 12.1 Å². The first kappa shape index (κ1) is 21.3. The second kappa shape index (κ2) is 8.28. The highest BCUT2D eigenvalue weighted by Gasteiger charge is 2.23. The molecule has 1 aliphatic carbocycles. The van der Waals surface area contributed by atoms with E-state index in [4.69, 9.17) is 9.15 Å². The van der Waals surface area contributed by atoms with Gasteiger partial charge in [-0.15, -0.1) is 0 Å². The first-order valence-electron chi connectivity index (χ1n) is 10.1. The van der Waals surface area contributed by atoms with E-state index in [9.17, 15) is 18.0 Å². The Bertz CT molecular complexity index is 1320. The summed E-state index contributed by atoms with van der Waals surface area (Å²) in [5.74, 6) is -0.236. The summed E-state index contributed by atoms with van der Waals surface area (Å²) >= 11 is 0. The van der Waals surface area contributed by atoms with Crippen LogP contribution in [0.1, 0.15) is 35.1 Å². The third-order valence-electron chi connectivity index (χ3n) is 5.36. The molecule has 1 heterocycles. The van der Waals surface area contributed by atoms with Crippen molar-refractivity contribution in [2.75, 3.05) is 6.54 Å². The molecule has 0 aliphatic heterocycles. The number of esters is 1. The zero-order chi connectivity index (χ0) is 22.2. The van der Waals surface area contributed by atoms with E-state index in [2.05, 4.69) is 4.72 Å². The molecule has 1 aromatic heterocycles. The molecule has 31 heavy (non-hydrogen) atoms. The zero-order valence-corrected chi connectivity index (χ0v) is 18.2. The third kappa shape index (κ3) is 4.40. The fourth-order valence-electron chi connectivity index (χ4n) is 3.85. The predicted molar refractivity (Wildman–Crippen MR) is 116 cm³/mol. The number of hydrogen-bond donors (Lipinski definition) is 1. The van der Waals surface area contributed by atoms with Crippen molar-refractivity contribution in [2.24, 2.45) is 0 Å². The van der Waals surface area contributed by atoms with Crippen molar-refractivity contribution >= 4 is 27.0 Å². The lowest BCUT2D eigenvalue weighted by atomic mass is 10.0. The van der Waals surface area contributed by atoms with E-state index in [0.717, 1.165) is 29.5 Å². The van der Waals surface area contributed by atoms with E-state index in [0.29, 0.717) is 28.7 Å². The summed E-state index contributed by atoms with van der Waals surface area (Å²) in [6.07, 6.45) is 2.08. The molecule has 8 heteroatoms. The van der Waals surface area contributed by atoms with Crippen LogP contribution < -0.4 is 15.1 Å². The van der Waals surface area contributed by atoms with Gasteiger partial charge in [-0.1, -0.05) is 17.7 Å². The van der Waals surface area contributed by atoms with Crippen LogP contribution >= 0.6 is 0 Å². The van der Waals surface area contributed by atoms with Crippen molar-refractivity contribution in [3.05, 3.63) is 69.1 Å². The normalized spacial score (nSPS) is 13.4. The molecule has 0 saturated heterocycles. The highest BCUT2D eigenvalue weighted by molar-refractivity contribution is 7.89. The molecule has 0 amide bonds. The Morgan fingerprint density at radius 1 is 1.06 bits per heavy atom. The van der Waals surface area contributed by atoms with E-state index in [1.807, 2.05) is 13.8 Å². The maximum atomic E-state index is 12.5. The quantitative estimate of drug-likeness (QED) is 0.358. The van der Waals surface area contributed by atoms with Gasteiger partial charge in [-0.2, -0.15) is 0 Å². The molecule has 0 bridgehead atoms. The zero-order valence-electron chi connectivity index (χ0n) is 17.4. The molecule has 1 aliphatic rings. The third-order valence-corrected chi connectivity index (χ3v) is 6.83. The molecule has 3 aromatic rings. The molecule has 0 spiro atoms. The molecule has 162 valence electrons. The molecule has 2 aromatic carbocycles. The molecule has 0 fully saturated rings. The predicted octanol–water partition coefficient (Wildman–Crippen LogP) is 3.17. The number of hydrogen-bond acceptors (Lipinski definition) is 6. The van der Waals surface area contributed by atoms with Crippen LogP contribution in [0, 0.1) is 13.8 Å². The molecule has 0 radical (unpaired) electrons. The second-order valence-corrected chi connectivity index (χ2v) is 9.54. The van der Waals surface area contributed by atoms with E-state index in [-0.39, 0.29) is 23.5 Å². The van der Waals surface area contributed by atoms with Crippen LogP contribution in [-0.2, 0) is 27.7 Å². The Morgan fingerprint density at radius 3 is 2.52 bits per heavy atom. The summed E-state index contributed by atoms with van der Waals surface area (Å²) in [4.78, 5) is 24.8. The largest absolute Gasteiger partial charge is 0.426 e. The van der Waals surface area contributed by atoms with Crippen LogP contribution in [0.5, 0.6) is 5.75 Å². The first-order valence-corrected chi connectivity index (χ1v) is 11.6. The highest BCUT2D eigenvalue weighted by Crippen LogP contribution is 2.35. The van der Waals surface area contributed by atoms with Gasteiger partial charge < -0.3 is 9.15 Å². The highest BCUT2D eigenvalue weighted by atomic mass is 32.2. The first-order chi connectivity index (χ1) is 14.7. The monoisotopic (exact) mass is 441 g/mol. The number of benzene rings is 2. The average Bonchev–Trinajstić information content (AvgIpc) is 3.18. The number of rotatable bonds is 6. The van der Waals surface area contributed by atoms with Crippen molar-refractivity contribution in [1.82, 2.24) is 4.72 Å². The molecule has 0 atom stereocenters. The number of ether oxygens (including phenoxy) is 1. The topological polar surface area (TPSA) is 103 Å². The van der Waals surface area contributed by atoms with Crippen molar-refractivity contribution in [2.45, 2.75) is 44.4 Å². The number of sulfonamides is 1. The van der Waals surface area contributed by atoms with E-state index < -0.39 is 16.0 Å². The number of nitrogens with one attached hydrogen (secondary N) is 1. The standard InChI is InChI=1S/C23H23NO6S/c1-14-6-8-16(9-7-14)31(27,28)24-11-10-21(25)29-19-12-15(2)13-20-22(19)17-4-3-5-18(17)23(26)30-20/h6-9,12-13,24H,3-5,10-11H2,1-2H3. The maximum absolute atomic E-state index is 12.5. The lowest BCUT2D eigenvalue weighted by Gasteiger charge is -2.12. The fraction of sp³-hybridized carbons (Fsp3) is 0.304. The Labute approximate surface area is 180 Å². The van der Waals surface area contributed by atoms with Gasteiger partial charge in [0.1, 0.15) is 11.3 Å². The summed E-state index contributed by atoms with van der Waals surface area (Å²) < 4.78 is 38.2. The summed E-state index contributed by atoms with van der Waals surface area (Å²) in [5.41, 5.74) is 3.31. The maximum Gasteiger partial charge on any atom is 0.339 e. The summed E-state index contributed by atoms with van der Waals surface area (Å²) in [6, 6.07) is 9.94. The number of carbonyl (C=O) groups excluding carboxylic acids is 1. The number of aryl methyl sites for hydroxylation is 3. The second-order valence-electron chi connectivity index (χ2n) is 7.77. The minimum Gasteiger partial charge on any atom is -0.426 e. The van der Waals surface area contributed by atoms with Crippen LogP contribution in [0.15, 0.2) is 50.5 Å². The van der Waals surface area contributed by atoms with Gasteiger partial charge in [-0.05, 0) is 68.5 Å². The fourth-order valence-corrected chi connectivity index (χ4v) is 4.88.